The van der Waals surface area contributed by atoms with Crippen LogP contribution >= 0.6 is 12.4 Å². The van der Waals surface area contributed by atoms with Gasteiger partial charge in [-0.25, -0.2) is 4.98 Å². The van der Waals surface area contributed by atoms with Crippen LogP contribution in [0.3, 0.4) is 0 Å². The molecule has 106 valence electrons. The molecule has 19 heavy (non-hydrogen) atoms. The Morgan fingerprint density at radius 2 is 2.16 bits per heavy atom. The lowest BCUT2D eigenvalue weighted by Crippen LogP contribution is -2.36. The normalized spacial score (nSPS) is 16.1. The molecule has 0 aliphatic carbocycles. The number of piperidine rings is 1. The predicted molar refractivity (Wildman–Crippen MR) is 76.7 cm³/mol. The largest absolute Gasteiger partial charge is 0.317 e. The van der Waals surface area contributed by atoms with Crippen molar-refractivity contribution in [2.45, 2.75) is 12.8 Å². The van der Waals surface area contributed by atoms with Gasteiger partial charge in [0.25, 0.3) is 0 Å². The van der Waals surface area contributed by atoms with E-state index in [0.717, 1.165) is 19.6 Å². The van der Waals surface area contributed by atoms with Crippen LogP contribution in [0.2, 0.25) is 0 Å². The fourth-order valence-electron chi connectivity index (χ4n) is 2.34. The topological polar surface area (TPSA) is 58.1 Å². The van der Waals surface area contributed by atoms with Gasteiger partial charge in [-0.15, -0.1) is 12.4 Å². The molecule has 0 aromatic carbocycles. The molecule has 0 amide bonds. The summed E-state index contributed by atoms with van der Waals surface area (Å²) in [6.07, 6.45) is 7.06. The first-order valence-electron chi connectivity index (χ1n) is 6.44. The lowest BCUT2D eigenvalue weighted by atomic mass is 9.97. The van der Waals surface area contributed by atoms with E-state index < -0.39 is 0 Å². The van der Waals surface area contributed by atoms with Crippen LogP contribution < -0.4 is 5.32 Å². The number of halogens is 1. The second kappa shape index (κ2) is 8.19. The molecule has 1 N–H and O–H groups in total. The van der Waals surface area contributed by atoms with Gasteiger partial charge in [-0.05, 0) is 38.9 Å². The van der Waals surface area contributed by atoms with Crippen molar-refractivity contribution in [2.24, 2.45) is 5.92 Å². The molecule has 0 bridgehead atoms. The summed E-state index contributed by atoms with van der Waals surface area (Å²) in [5, 5.41) is 3.35. The van der Waals surface area contributed by atoms with Crippen molar-refractivity contribution >= 4 is 18.2 Å². The quantitative estimate of drug-likeness (QED) is 0.818. The van der Waals surface area contributed by atoms with Crippen molar-refractivity contribution in [3.8, 4) is 0 Å². The van der Waals surface area contributed by atoms with E-state index in [4.69, 9.17) is 0 Å². The molecule has 0 saturated carbocycles. The summed E-state index contributed by atoms with van der Waals surface area (Å²) in [5.74, 6) is 0.741. The average Bonchev–Trinajstić information content (AvgIpc) is 2.40. The Kier molecular flexibility index (Phi) is 6.91. The molecule has 0 spiro atoms. The van der Waals surface area contributed by atoms with Crippen LogP contribution in [0.5, 0.6) is 0 Å². The first-order valence-corrected chi connectivity index (χ1v) is 6.44. The summed E-state index contributed by atoms with van der Waals surface area (Å²) in [6.45, 7) is 3.59. The van der Waals surface area contributed by atoms with E-state index in [9.17, 15) is 4.79 Å². The predicted octanol–water partition coefficient (Wildman–Crippen LogP) is 1.01. The van der Waals surface area contributed by atoms with Crippen molar-refractivity contribution in [3.63, 3.8) is 0 Å². The summed E-state index contributed by atoms with van der Waals surface area (Å²) in [4.78, 5) is 22.0. The molecule has 6 heteroatoms. The van der Waals surface area contributed by atoms with Gasteiger partial charge in [0.2, 0.25) is 0 Å². The Bertz CT molecular complexity index is 381. The Hall–Kier alpha value is -1.04. The minimum Gasteiger partial charge on any atom is -0.317 e. The number of hydrogen-bond donors (Lipinski definition) is 1. The standard InChI is InChI=1S/C13H20N4O.ClH/c1-17(9-11-2-4-14-5-3-11)10-13(18)12-8-15-6-7-16-12;/h6-8,11,14H,2-5,9-10H2,1H3;1H. The van der Waals surface area contributed by atoms with E-state index in [-0.39, 0.29) is 18.2 Å². The fourth-order valence-corrected chi connectivity index (χ4v) is 2.34. The van der Waals surface area contributed by atoms with E-state index in [1.54, 1.807) is 12.4 Å². The Morgan fingerprint density at radius 3 is 2.79 bits per heavy atom. The third-order valence-corrected chi connectivity index (χ3v) is 3.29. The molecule has 1 saturated heterocycles. The van der Waals surface area contributed by atoms with Crippen molar-refractivity contribution in [1.29, 1.82) is 0 Å². The molecule has 1 fully saturated rings. The number of likely N-dealkylation sites (N-methyl/N-ethyl adjacent to an activating group) is 1. The van der Waals surface area contributed by atoms with Crippen LogP contribution in [-0.4, -0.2) is 53.9 Å². The number of nitrogens with one attached hydrogen (secondary N) is 1. The summed E-state index contributed by atoms with van der Waals surface area (Å²) in [5.41, 5.74) is 0.453. The minimum atomic E-state index is 0. The molecular formula is C13H21ClN4O. The molecule has 1 aromatic rings. The number of hydrogen-bond acceptors (Lipinski definition) is 5. The average molecular weight is 285 g/mol. The van der Waals surface area contributed by atoms with E-state index in [1.165, 1.54) is 19.0 Å². The van der Waals surface area contributed by atoms with E-state index in [0.29, 0.717) is 18.2 Å². The molecule has 0 atom stereocenters. The zero-order valence-electron chi connectivity index (χ0n) is 11.2. The van der Waals surface area contributed by atoms with E-state index >= 15 is 0 Å². The molecule has 5 nitrogen and oxygen atoms in total. The summed E-state index contributed by atoms with van der Waals surface area (Å²) in [6, 6.07) is 0. The number of carbonyl (C=O) groups excluding carboxylic acids is 1. The lowest BCUT2D eigenvalue weighted by Gasteiger charge is -2.27. The highest BCUT2D eigenvalue weighted by atomic mass is 35.5. The second-order valence-corrected chi connectivity index (χ2v) is 4.90. The number of aromatic nitrogens is 2. The molecule has 0 unspecified atom stereocenters. The first-order chi connectivity index (χ1) is 8.75. The first kappa shape index (κ1) is 16.0. The van der Waals surface area contributed by atoms with Gasteiger partial charge in [0.05, 0.1) is 12.7 Å². The summed E-state index contributed by atoms with van der Waals surface area (Å²) in [7, 11) is 2.00. The van der Waals surface area contributed by atoms with Gasteiger partial charge in [-0.2, -0.15) is 0 Å². The van der Waals surface area contributed by atoms with Crippen molar-refractivity contribution in [3.05, 3.63) is 24.3 Å². The zero-order valence-corrected chi connectivity index (χ0v) is 12.0. The van der Waals surface area contributed by atoms with E-state index in [1.807, 2.05) is 7.05 Å². The fraction of sp³-hybridized carbons (Fsp3) is 0.615. The Labute approximate surface area is 120 Å². The van der Waals surface area contributed by atoms with Crippen molar-refractivity contribution < 1.29 is 4.79 Å². The maximum Gasteiger partial charge on any atom is 0.196 e. The molecule has 2 rings (SSSR count). The number of Topliss-reactive ketones (excluding diaryl/α,β-unsaturated/α-hetero) is 1. The van der Waals surface area contributed by atoms with Crippen LogP contribution in [0.25, 0.3) is 0 Å². The van der Waals surface area contributed by atoms with Gasteiger partial charge < -0.3 is 5.32 Å². The van der Waals surface area contributed by atoms with Gasteiger partial charge in [-0.1, -0.05) is 0 Å². The SMILES string of the molecule is CN(CC(=O)c1cnccn1)CC1CCNCC1.Cl. The monoisotopic (exact) mass is 284 g/mol. The molecule has 0 radical (unpaired) electrons. The highest BCUT2D eigenvalue weighted by Crippen LogP contribution is 2.12. The molecule has 1 aliphatic rings. The van der Waals surface area contributed by atoms with Gasteiger partial charge in [-0.3, -0.25) is 14.7 Å². The maximum absolute atomic E-state index is 11.9. The Morgan fingerprint density at radius 1 is 1.42 bits per heavy atom. The van der Waals surface area contributed by atoms with Crippen molar-refractivity contribution in [1.82, 2.24) is 20.2 Å². The minimum absolute atomic E-state index is 0. The lowest BCUT2D eigenvalue weighted by molar-refractivity contribution is 0.0928. The third kappa shape index (κ3) is 5.22. The number of nitrogens with zero attached hydrogens (tertiary/aromatic N) is 3. The third-order valence-electron chi connectivity index (χ3n) is 3.29. The van der Waals surface area contributed by atoms with Crippen LogP contribution in [0.4, 0.5) is 0 Å². The highest BCUT2D eigenvalue weighted by molar-refractivity contribution is 5.95. The highest BCUT2D eigenvalue weighted by Gasteiger charge is 2.17. The summed E-state index contributed by atoms with van der Waals surface area (Å²) < 4.78 is 0. The van der Waals surface area contributed by atoms with Crippen molar-refractivity contribution in [2.75, 3.05) is 33.2 Å². The van der Waals surface area contributed by atoms with Gasteiger partial charge in [0.1, 0.15) is 5.69 Å². The van der Waals surface area contributed by atoms with Crippen LogP contribution in [0.15, 0.2) is 18.6 Å². The summed E-state index contributed by atoms with van der Waals surface area (Å²) >= 11 is 0. The Balaban J connectivity index is 0.00000180. The van der Waals surface area contributed by atoms with Gasteiger partial charge in [0.15, 0.2) is 5.78 Å². The van der Waals surface area contributed by atoms with E-state index in [2.05, 4.69) is 20.2 Å². The number of ketones is 1. The number of rotatable bonds is 5. The number of carbonyl (C=O) groups is 1. The van der Waals surface area contributed by atoms with Crippen LogP contribution in [0, 0.1) is 5.92 Å². The van der Waals surface area contributed by atoms with Gasteiger partial charge >= 0.3 is 0 Å². The van der Waals surface area contributed by atoms with Crippen LogP contribution in [-0.2, 0) is 0 Å². The maximum atomic E-state index is 11.9. The van der Waals surface area contributed by atoms with Gasteiger partial charge in [0, 0.05) is 18.9 Å². The molecular weight excluding hydrogens is 264 g/mol. The smallest absolute Gasteiger partial charge is 0.196 e. The van der Waals surface area contributed by atoms with Crippen LogP contribution in [0.1, 0.15) is 23.3 Å². The zero-order chi connectivity index (χ0) is 12.8. The molecule has 1 aliphatic heterocycles. The molecule has 1 aromatic heterocycles. The second-order valence-electron chi connectivity index (χ2n) is 4.90. The molecule has 2 heterocycles.